The summed E-state index contributed by atoms with van der Waals surface area (Å²) in [6, 6.07) is 11.5. The summed E-state index contributed by atoms with van der Waals surface area (Å²) < 4.78 is 10.9. The largest absolute Gasteiger partial charge is 0.493 e. The molecule has 30 heavy (non-hydrogen) atoms. The second kappa shape index (κ2) is 8.54. The van der Waals surface area contributed by atoms with Crippen LogP contribution in [0.15, 0.2) is 42.7 Å². The number of piperidine rings is 1. The standard InChI is InChI=1S/C22H25N5O3/c1-29-18-7-6-13(10-19(18)30-2)14-8-9-24-11-17(14)27-22-16-5-3-4-15(21(23)28)20(16)25-12-26-22/h3-7,10,12,14,17,24H,8-9,11H2,1-2H3,(H2,23,28)(H,25,26,27)/t14-,17?/m1/s1. The fourth-order valence-electron chi connectivity index (χ4n) is 4.07. The number of anilines is 1. The van der Waals surface area contributed by atoms with Gasteiger partial charge in [0.1, 0.15) is 12.1 Å². The number of aromatic nitrogens is 2. The van der Waals surface area contributed by atoms with Crippen LogP contribution in [0.3, 0.4) is 0 Å². The molecule has 156 valence electrons. The van der Waals surface area contributed by atoms with Crippen LogP contribution in [0, 0.1) is 0 Å². The van der Waals surface area contributed by atoms with Crippen molar-refractivity contribution in [3.8, 4) is 11.5 Å². The lowest BCUT2D eigenvalue weighted by Crippen LogP contribution is -2.44. The minimum atomic E-state index is -0.507. The SMILES string of the molecule is COc1ccc([C@H]2CCNCC2Nc2ncnc3c(C(N)=O)cccc23)cc1OC. The Morgan fingerprint density at radius 3 is 2.77 bits per heavy atom. The fraction of sp³-hybridized carbons (Fsp3) is 0.318. The van der Waals surface area contributed by atoms with Crippen LogP contribution in [-0.2, 0) is 0 Å². The molecule has 8 nitrogen and oxygen atoms in total. The molecule has 2 heterocycles. The second-order valence-electron chi connectivity index (χ2n) is 7.25. The summed E-state index contributed by atoms with van der Waals surface area (Å²) in [4.78, 5) is 20.5. The van der Waals surface area contributed by atoms with Gasteiger partial charge >= 0.3 is 0 Å². The highest BCUT2D eigenvalue weighted by Gasteiger charge is 2.28. The van der Waals surface area contributed by atoms with Crippen LogP contribution < -0.4 is 25.8 Å². The van der Waals surface area contributed by atoms with Crippen molar-refractivity contribution in [3.63, 3.8) is 0 Å². The number of nitrogens with zero attached hydrogens (tertiary/aromatic N) is 2. The zero-order valence-corrected chi connectivity index (χ0v) is 17.0. The highest BCUT2D eigenvalue weighted by atomic mass is 16.5. The third kappa shape index (κ3) is 3.73. The van der Waals surface area contributed by atoms with Gasteiger partial charge in [-0.2, -0.15) is 0 Å². The fourth-order valence-corrected chi connectivity index (χ4v) is 4.07. The van der Waals surface area contributed by atoms with Crippen molar-refractivity contribution in [1.82, 2.24) is 15.3 Å². The number of ether oxygens (including phenoxy) is 2. The molecule has 8 heteroatoms. The van der Waals surface area contributed by atoms with Gasteiger partial charge < -0.3 is 25.8 Å². The number of para-hydroxylation sites is 1. The molecule has 1 fully saturated rings. The van der Waals surface area contributed by atoms with Gasteiger partial charge in [-0.3, -0.25) is 4.79 Å². The van der Waals surface area contributed by atoms with E-state index in [9.17, 15) is 4.79 Å². The zero-order valence-electron chi connectivity index (χ0n) is 17.0. The predicted octanol–water partition coefficient (Wildman–Crippen LogP) is 2.30. The molecule has 2 aromatic carbocycles. The van der Waals surface area contributed by atoms with Gasteiger partial charge in [-0.1, -0.05) is 12.1 Å². The van der Waals surface area contributed by atoms with Crippen molar-refractivity contribution in [2.45, 2.75) is 18.4 Å². The number of nitrogens with two attached hydrogens (primary N) is 1. The van der Waals surface area contributed by atoms with Crippen molar-refractivity contribution in [3.05, 3.63) is 53.9 Å². The maximum Gasteiger partial charge on any atom is 0.250 e. The number of rotatable bonds is 6. The minimum Gasteiger partial charge on any atom is -0.493 e. The first kappa shape index (κ1) is 19.9. The number of fused-ring (bicyclic) bond motifs is 1. The Balaban J connectivity index is 1.68. The Bertz CT molecular complexity index is 1070. The first-order chi connectivity index (χ1) is 14.6. The Kier molecular flexibility index (Phi) is 5.67. The maximum atomic E-state index is 11.8. The Hall–Kier alpha value is -3.39. The highest BCUT2D eigenvalue weighted by molar-refractivity contribution is 6.06. The van der Waals surface area contributed by atoms with E-state index in [1.54, 1.807) is 26.4 Å². The summed E-state index contributed by atoms with van der Waals surface area (Å²) in [7, 11) is 3.27. The monoisotopic (exact) mass is 407 g/mol. The molecule has 1 unspecified atom stereocenters. The van der Waals surface area contributed by atoms with E-state index in [1.165, 1.54) is 11.9 Å². The van der Waals surface area contributed by atoms with Crippen LogP contribution in [0.2, 0.25) is 0 Å². The summed E-state index contributed by atoms with van der Waals surface area (Å²) in [5, 5.41) is 7.78. The molecule has 0 aliphatic carbocycles. The minimum absolute atomic E-state index is 0.0900. The lowest BCUT2D eigenvalue weighted by molar-refractivity contribution is 0.100. The van der Waals surface area contributed by atoms with Gasteiger partial charge in [-0.25, -0.2) is 9.97 Å². The van der Waals surface area contributed by atoms with Gasteiger partial charge in [0.2, 0.25) is 0 Å². The van der Waals surface area contributed by atoms with Crippen LogP contribution >= 0.6 is 0 Å². The van der Waals surface area contributed by atoms with Gasteiger partial charge in [0.15, 0.2) is 11.5 Å². The van der Waals surface area contributed by atoms with E-state index in [1.807, 2.05) is 18.2 Å². The predicted molar refractivity (Wildman–Crippen MR) is 115 cm³/mol. The van der Waals surface area contributed by atoms with Gasteiger partial charge in [-0.15, -0.1) is 0 Å². The molecule has 1 aliphatic heterocycles. The lowest BCUT2D eigenvalue weighted by Gasteiger charge is -2.34. The van der Waals surface area contributed by atoms with E-state index in [-0.39, 0.29) is 12.0 Å². The molecular weight excluding hydrogens is 382 g/mol. The molecule has 4 N–H and O–H groups in total. The number of primary amides is 1. The topological polar surface area (TPSA) is 111 Å². The average molecular weight is 407 g/mol. The maximum absolute atomic E-state index is 11.8. The van der Waals surface area contributed by atoms with E-state index in [4.69, 9.17) is 15.2 Å². The van der Waals surface area contributed by atoms with Crippen LogP contribution in [-0.4, -0.2) is 49.2 Å². The first-order valence-electron chi connectivity index (χ1n) is 9.85. The molecule has 4 rings (SSSR count). The molecule has 2 atom stereocenters. The van der Waals surface area contributed by atoms with E-state index >= 15 is 0 Å². The van der Waals surface area contributed by atoms with Gasteiger partial charge in [-0.05, 0) is 42.8 Å². The van der Waals surface area contributed by atoms with Gasteiger partial charge in [0.25, 0.3) is 5.91 Å². The molecule has 1 aromatic heterocycles. The normalized spacial score (nSPS) is 18.7. The van der Waals surface area contributed by atoms with Crippen molar-refractivity contribution < 1.29 is 14.3 Å². The van der Waals surface area contributed by atoms with Crippen LogP contribution in [0.4, 0.5) is 5.82 Å². The van der Waals surface area contributed by atoms with Crippen LogP contribution in [0.5, 0.6) is 11.5 Å². The third-order valence-corrected chi connectivity index (χ3v) is 5.57. The molecule has 0 radical (unpaired) electrons. The third-order valence-electron chi connectivity index (χ3n) is 5.57. The van der Waals surface area contributed by atoms with Crippen molar-refractivity contribution in [2.75, 3.05) is 32.6 Å². The highest BCUT2D eigenvalue weighted by Crippen LogP contribution is 2.35. The zero-order chi connectivity index (χ0) is 21.1. The first-order valence-corrected chi connectivity index (χ1v) is 9.85. The average Bonchev–Trinajstić information content (AvgIpc) is 2.78. The van der Waals surface area contributed by atoms with Crippen molar-refractivity contribution in [2.24, 2.45) is 5.73 Å². The quantitative estimate of drug-likeness (QED) is 0.575. The van der Waals surface area contributed by atoms with Gasteiger partial charge in [0, 0.05) is 23.9 Å². The van der Waals surface area contributed by atoms with E-state index in [2.05, 4.69) is 26.7 Å². The summed E-state index contributed by atoms with van der Waals surface area (Å²) >= 11 is 0. The number of hydrogen-bond donors (Lipinski definition) is 3. The smallest absolute Gasteiger partial charge is 0.250 e. The van der Waals surface area contributed by atoms with Crippen LogP contribution in [0.25, 0.3) is 10.9 Å². The Labute approximate surface area is 174 Å². The van der Waals surface area contributed by atoms with E-state index in [0.717, 1.165) is 24.9 Å². The molecule has 0 bridgehead atoms. The molecule has 1 saturated heterocycles. The summed E-state index contributed by atoms with van der Waals surface area (Å²) in [6.45, 7) is 1.70. The number of carbonyl (C=O) groups is 1. The van der Waals surface area contributed by atoms with Gasteiger partial charge in [0.05, 0.1) is 25.3 Å². The Morgan fingerprint density at radius 2 is 2.00 bits per heavy atom. The second-order valence-corrected chi connectivity index (χ2v) is 7.25. The molecule has 3 aromatic rings. The van der Waals surface area contributed by atoms with Crippen LogP contribution in [0.1, 0.15) is 28.3 Å². The lowest BCUT2D eigenvalue weighted by atomic mass is 9.85. The summed E-state index contributed by atoms with van der Waals surface area (Å²) in [5.41, 5.74) is 7.62. The van der Waals surface area contributed by atoms with E-state index < -0.39 is 5.91 Å². The molecule has 0 saturated carbocycles. The number of methoxy groups -OCH3 is 2. The molecule has 1 aliphatic rings. The number of carbonyl (C=O) groups excluding carboxylic acids is 1. The number of amides is 1. The molecular formula is C22H25N5O3. The van der Waals surface area contributed by atoms with Crippen molar-refractivity contribution >= 4 is 22.6 Å². The summed E-state index contributed by atoms with van der Waals surface area (Å²) in [5.74, 6) is 1.84. The molecule has 1 amide bonds. The summed E-state index contributed by atoms with van der Waals surface area (Å²) in [6.07, 6.45) is 2.42. The molecule has 0 spiro atoms. The van der Waals surface area contributed by atoms with E-state index in [0.29, 0.717) is 28.4 Å². The number of nitrogens with one attached hydrogen (secondary N) is 2. The number of hydrogen-bond acceptors (Lipinski definition) is 7. The Morgan fingerprint density at radius 1 is 1.17 bits per heavy atom. The number of benzene rings is 2. The van der Waals surface area contributed by atoms with Crippen molar-refractivity contribution in [1.29, 1.82) is 0 Å².